The highest BCUT2D eigenvalue weighted by atomic mass is 32.1. The molecule has 4 rings (SSSR count). The molecule has 1 aliphatic heterocycles. The molecule has 1 aliphatic rings. The van der Waals surface area contributed by atoms with Crippen molar-refractivity contribution < 1.29 is 36.3 Å². The van der Waals surface area contributed by atoms with Crippen molar-refractivity contribution in [2.24, 2.45) is 5.92 Å². The monoisotopic (exact) mass is 599 g/mol. The summed E-state index contributed by atoms with van der Waals surface area (Å²) in [6, 6.07) is 4.17. The molecule has 14 heteroatoms. The molecule has 0 unspecified atom stereocenters. The molecule has 1 aromatic carbocycles. The standard InChI is InChI=1S/C27H30F5N5O3S/c1-14-34-21-20(23(40-4)27(30,31)32)19(13-33-25(21)41-14)35-18-7-5-16(6-8-18)22(24(28)29)36(3)26(39)17-9-11-37(12-10-17)15(2)38/h5-8,13,17,22-24,35H,9-12H2,1-4H3/t22-,23+/m0/s1. The van der Waals surface area contributed by atoms with Gasteiger partial charge in [-0.25, -0.2) is 18.7 Å². The van der Waals surface area contributed by atoms with Crippen LogP contribution in [0, 0.1) is 12.8 Å². The van der Waals surface area contributed by atoms with Crippen LogP contribution in [0.5, 0.6) is 0 Å². The number of likely N-dealkylation sites (tertiary alicyclic amines) is 1. The van der Waals surface area contributed by atoms with Crippen LogP contribution < -0.4 is 5.32 Å². The molecule has 0 saturated carbocycles. The van der Waals surface area contributed by atoms with E-state index in [1.54, 1.807) is 11.8 Å². The smallest absolute Gasteiger partial charge is 0.367 e. The number of amides is 2. The van der Waals surface area contributed by atoms with Crippen LogP contribution in [0.1, 0.15) is 48.0 Å². The number of anilines is 2. The fraction of sp³-hybridized carbons (Fsp3) is 0.481. The Morgan fingerprint density at radius 2 is 1.80 bits per heavy atom. The summed E-state index contributed by atoms with van der Waals surface area (Å²) in [5.74, 6) is -1.000. The molecule has 1 fully saturated rings. The molecule has 8 nitrogen and oxygen atoms in total. The van der Waals surface area contributed by atoms with E-state index in [9.17, 15) is 31.5 Å². The Balaban J connectivity index is 1.57. The molecule has 0 aliphatic carbocycles. The second kappa shape index (κ2) is 12.2. The lowest BCUT2D eigenvalue weighted by Crippen LogP contribution is -2.44. The average molecular weight is 600 g/mol. The van der Waals surface area contributed by atoms with Gasteiger partial charge in [0.1, 0.15) is 16.4 Å². The number of nitrogens with zero attached hydrogens (tertiary/aromatic N) is 4. The summed E-state index contributed by atoms with van der Waals surface area (Å²) in [6.45, 7) is 3.89. The lowest BCUT2D eigenvalue weighted by atomic mass is 9.94. The van der Waals surface area contributed by atoms with Gasteiger partial charge in [-0.05, 0) is 37.5 Å². The summed E-state index contributed by atoms with van der Waals surface area (Å²) in [6.07, 6.45) is -7.86. The van der Waals surface area contributed by atoms with Gasteiger partial charge in [0.05, 0.1) is 16.9 Å². The maximum atomic E-state index is 14.2. The van der Waals surface area contributed by atoms with Crippen molar-refractivity contribution in [3.8, 4) is 0 Å². The lowest BCUT2D eigenvalue weighted by Gasteiger charge is -2.35. The number of nitrogens with one attached hydrogen (secondary N) is 1. The zero-order chi connectivity index (χ0) is 30.1. The number of pyridine rings is 1. The molecule has 222 valence electrons. The zero-order valence-corrected chi connectivity index (χ0v) is 23.7. The number of piperidine rings is 1. The predicted molar refractivity (Wildman–Crippen MR) is 144 cm³/mol. The topological polar surface area (TPSA) is 87.7 Å². The van der Waals surface area contributed by atoms with Crippen molar-refractivity contribution in [1.82, 2.24) is 19.8 Å². The number of thiazole rings is 1. The van der Waals surface area contributed by atoms with Gasteiger partial charge in [-0.3, -0.25) is 9.59 Å². The molecule has 2 amide bonds. The first kappa shape index (κ1) is 30.6. The van der Waals surface area contributed by atoms with E-state index in [1.165, 1.54) is 44.4 Å². The number of hydrogen-bond acceptors (Lipinski definition) is 7. The number of fused-ring (bicyclic) bond motifs is 1. The van der Waals surface area contributed by atoms with Crippen LogP contribution >= 0.6 is 11.3 Å². The van der Waals surface area contributed by atoms with Gasteiger partial charge in [0.2, 0.25) is 11.8 Å². The largest absolute Gasteiger partial charge is 0.419 e. The van der Waals surface area contributed by atoms with E-state index in [4.69, 9.17) is 4.74 Å². The summed E-state index contributed by atoms with van der Waals surface area (Å²) >= 11 is 1.15. The average Bonchev–Trinajstić information content (AvgIpc) is 3.30. The Hall–Kier alpha value is -3.39. The third-order valence-corrected chi connectivity index (χ3v) is 8.07. The van der Waals surface area contributed by atoms with Crippen LogP contribution in [-0.4, -0.2) is 71.4 Å². The number of ether oxygens (including phenoxy) is 1. The van der Waals surface area contributed by atoms with Gasteiger partial charge in [0, 0.05) is 51.3 Å². The molecule has 2 aromatic heterocycles. The summed E-state index contributed by atoms with van der Waals surface area (Å²) in [7, 11) is 2.28. The minimum atomic E-state index is -4.73. The first-order valence-corrected chi connectivity index (χ1v) is 13.7. The minimum Gasteiger partial charge on any atom is -0.367 e. The SMILES string of the molecule is CO[C@H](c1c(Nc2ccc([C@@H](C(F)F)N(C)C(=O)C3CCN(C(C)=O)CC3)cc2)cnc2sc(C)nc12)C(F)(F)F. The predicted octanol–water partition coefficient (Wildman–Crippen LogP) is 6.02. The summed E-state index contributed by atoms with van der Waals surface area (Å²) in [5, 5.41) is 3.43. The molecule has 0 radical (unpaired) electrons. The third kappa shape index (κ3) is 6.58. The quantitative estimate of drug-likeness (QED) is 0.319. The van der Waals surface area contributed by atoms with Crippen LogP contribution in [-0.2, 0) is 14.3 Å². The van der Waals surface area contributed by atoms with Crippen molar-refractivity contribution >= 4 is 44.9 Å². The molecule has 1 saturated heterocycles. The number of benzene rings is 1. The Morgan fingerprint density at radius 1 is 1.17 bits per heavy atom. The van der Waals surface area contributed by atoms with Crippen molar-refractivity contribution in [1.29, 1.82) is 0 Å². The highest BCUT2D eigenvalue weighted by Crippen LogP contribution is 2.43. The minimum absolute atomic E-state index is 0.00864. The molecule has 0 bridgehead atoms. The van der Waals surface area contributed by atoms with Crippen LogP contribution in [0.2, 0.25) is 0 Å². The zero-order valence-electron chi connectivity index (χ0n) is 22.8. The van der Waals surface area contributed by atoms with Gasteiger partial charge in [0.15, 0.2) is 6.10 Å². The number of aromatic nitrogens is 2. The number of aryl methyl sites for hydroxylation is 1. The first-order chi connectivity index (χ1) is 19.3. The number of rotatable bonds is 8. The van der Waals surface area contributed by atoms with E-state index in [2.05, 4.69) is 15.3 Å². The van der Waals surface area contributed by atoms with Crippen LogP contribution in [0.3, 0.4) is 0 Å². The molecular formula is C27H30F5N5O3S. The Kier molecular flexibility index (Phi) is 9.12. The van der Waals surface area contributed by atoms with E-state index >= 15 is 0 Å². The maximum Gasteiger partial charge on any atom is 0.419 e. The highest BCUT2D eigenvalue weighted by Gasteiger charge is 2.44. The second-order valence-electron chi connectivity index (χ2n) is 9.89. The number of halogens is 5. The fourth-order valence-electron chi connectivity index (χ4n) is 5.10. The number of carbonyl (C=O) groups excluding carboxylic acids is 2. The van der Waals surface area contributed by atoms with E-state index in [-0.39, 0.29) is 28.2 Å². The van der Waals surface area contributed by atoms with E-state index < -0.39 is 36.6 Å². The van der Waals surface area contributed by atoms with Crippen molar-refractivity contribution in [2.75, 3.05) is 32.6 Å². The van der Waals surface area contributed by atoms with Gasteiger partial charge in [-0.2, -0.15) is 13.2 Å². The molecule has 3 heterocycles. The Labute approximate surface area is 237 Å². The first-order valence-electron chi connectivity index (χ1n) is 12.8. The number of alkyl halides is 5. The van der Waals surface area contributed by atoms with Crippen LogP contribution in [0.25, 0.3) is 10.3 Å². The summed E-state index contributed by atoms with van der Waals surface area (Å²) in [4.78, 5) is 36.1. The molecule has 0 spiro atoms. The van der Waals surface area contributed by atoms with Gasteiger partial charge in [-0.15, -0.1) is 0 Å². The lowest BCUT2D eigenvalue weighted by molar-refractivity contribution is -0.215. The number of methoxy groups -OCH3 is 1. The molecular weight excluding hydrogens is 569 g/mol. The highest BCUT2D eigenvalue weighted by molar-refractivity contribution is 7.18. The van der Waals surface area contributed by atoms with Gasteiger partial charge < -0.3 is 19.9 Å². The van der Waals surface area contributed by atoms with Gasteiger partial charge in [-0.1, -0.05) is 23.5 Å². The van der Waals surface area contributed by atoms with Gasteiger partial charge >= 0.3 is 6.18 Å². The van der Waals surface area contributed by atoms with E-state index in [0.717, 1.165) is 23.3 Å². The molecule has 1 N–H and O–H groups in total. The van der Waals surface area contributed by atoms with E-state index in [1.807, 2.05) is 0 Å². The van der Waals surface area contributed by atoms with Crippen LogP contribution in [0.4, 0.5) is 33.3 Å². The third-order valence-electron chi connectivity index (χ3n) is 7.19. The van der Waals surface area contributed by atoms with Crippen LogP contribution in [0.15, 0.2) is 30.5 Å². The van der Waals surface area contributed by atoms with Crippen molar-refractivity contribution in [3.63, 3.8) is 0 Å². The summed E-state index contributed by atoms with van der Waals surface area (Å²) in [5.41, 5.74) is 0.319. The normalized spacial score (nSPS) is 16.2. The maximum absolute atomic E-state index is 14.2. The van der Waals surface area contributed by atoms with E-state index in [0.29, 0.717) is 41.5 Å². The summed E-state index contributed by atoms with van der Waals surface area (Å²) < 4.78 is 74.9. The van der Waals surface area contributed by atoms with Crippen molar-refractivity contribution in [3.05, 3.63) is 46.6 Å². The molecule has 3 aromatic rings. The number of carbonyl (C=O) groups is 2. The fourth-order valence-corrected chi connectivity index (χ4v) is 5.88. The van der Waals surface area contributed by atoms with Crippen molar-refractivity contribution in [2.45, 2.75) is 51.4 Å². The van der Waals surface area contributed by atoms with Gasteiger partial charge in [0.25, 0.3) is 6.43 Å². The molecule has 2 atom stereocenters. The second-order valence-corrected chi connectivity index (χ2v) is 11.1. The molecule has 41 heavy (non-hydrogen) atoms. The number of hydrogen-bond donors (Lipinski definition) is 1. The Morgan fingerprint density at radius 3 is 2.34 bits per heavy atom. The Bertz CT molecular complexity index is 1390.